The Bertz CT molecular complexity index is 1600. The van der Waals surface area contributed by atoms with E-state index in [1.54, 1.807) is 12.1 Å². The number of halogens is 2. The number of fused-ring (bicyclic) bond motifs is 1. The van der Waals surface area contributed by atoms with Crippen LogP contribution in [-0.4, -0.2) is 15.7 Å². The minimum absolute atomic E-state index is 0.0873. The van der Waals surface area contributed by atoms with E-state index in [9.17, 15) is 9.80 Å². The second-order valence-corrected chi connectivity index (χ2v) is 10.3. The molecule has 5 rings (SSSR count). The van der Waals surface area contributed by atoms with Crippen LogP contribution in [0.25, 0.3) is 11.0 Å². The molecule has 0 aliphatic heterocycles. The summed E-state index contributed by atoms with van der Waals surface area (Å²) in [5, 5.41) is 9.35. The number of aryl methyl sites for hydroxylation is 2. The zero-order chi connectivity index (χ0) is 26.6. The van der Waals surface area contributed by atoms with Gasteiger partial charge in [-0.25, -0.2) is 4.39 Å². The average Bonchev–Trinajstić information content (AvgIpc) is 3.19. The van der Waals surface area contributed by atoms with Gasteiger partial charge >= 0.3 is 0 Å². The third-order valence-corrected chi connectivity index (χ3v) is 7.19. The molecule has 1 atom stereocenters. The Hall–Kier alpha value is -3.67. The number of nitrogens with one attached hydrogen (secondary N) is 1. The number of imidazole rings is 1. The van der Waals surface area contributed by atoms with Gasteiger partial charge in [-0.15, -0.1) is 0 Å². The summed E-state index contributed by atoms with van der Waals surface area (Å²) in [6.45, 7) is 5.46. The molecule has 0 radical (unpaired) electrons. The van der Waals surface area contributed by atoms with E-state index in [2.05, 4.69) is 83.6 Å². The normalized spacial score (nSPS) is 12.2. The molecule has 0 spiro atoms. The van der Waals surface area contributed by atoms with Gasteiger partial charge in [0.25, 0.3) is 0 Å². The van der Waals surface area contributed by atoms with Gasteiger partial charge in [-0.3, -0.25) is 5.41 Å². The molecule has 0 aliphatic carbocycles. The smallest absolute Gasteiger partial charge is 0.203 e. The van der Waals surface area contributed by atoms with Crippen LogP contribution < -0.4 is 5.62 Å². The molecule has 0 amide bonds. The molecule has 1 aromatic heterocycles. The van der Waals surface area contributed by atoms with Crippen LogP contribution in [0.4, 0.5) is 4.39 Å². The molecule has 4 nitrogen and oxygen atoms in total. The van der Waals surface area contributed by atoms with Crippen LogP contribution in [0, 0.1) is 25.1 Å². The zero-order valence-corrected chi connectivity index (χ0v) is 22.4. The minimum atomic E-state index is -0.441. The second-order valence-electron chi connectivity index (χ2n) is 9.86. The van der Waals surface area contributed by atoms with Crippen LogP contribution in [0.1, 0.15) is 33.9 Å². The lowest BCUT2D eigenvalue weighted by Gasteiger charge is -2.20. The molecular weight excluding hydrogens is 497 g/mol. The fraction of sp³-hybridized carbons (Fsp3) is 0.219. The molecule has 0 aliphatic rings. The molecule has 0 bridgehead atoms. The second kappa shape index (κ2) is 11.4. The zero-order valence-electron chi connectivity index (χ0n) is 21.6. The van der Waals surface area contributed by atoms with Gasteiger partial charge < -0.3 is 13.9 Å². The lowest BCUT2D eigenvalue weighted by molar-refractivity contribution is 0.0893. The number of benzene rings is 4. The van der Waals surface area contributed by atoms with Gasteiger partial charge in [-0.1, -0.05) is 89.5 Å². The van der Waals surface area contributed by atoms with E-state index in [4.69, 9.17) is 16.3 Å². The van der Waals surface area contributed by atoms with E-state index in [0.29, 0.717) is 31.8 Å². The predicted octanol–water partition coefficient (Wildman–Crippen LogP) is 7.38. The van der Waals surface area contributed by atoms with Crippen LogP contribution in [0.3, 0.4) is 0 Å². The highest BCUT2D eigenvalue weighted by Gasteiger charge is 2.20. The lowest BCUT2D eigenvalue weighted by Crippen LogP contribution is -2.31. The highest BCUT2D eigenvalue weighted by Crippen LogP contribution is 2.23. The Kier molecular flexibility index (Phi) is 7.77. The van der Waals surface area contributed by atoms with Gasteiger partial charge in [-0.2, -0.15) is 0 Å². The molecule has 0 saturated carbocycles. The molecule has 5 aromatic rings. The van der Waals surface area contributed by atoms with Gasteiger partial charge in [0, 0.05) is 0 Å². The fourth-order valence-electron chi connectivity index (χ4n) is 4.82. The third-order valence-electron chi connectivity index (χ3n) is 6.90. The topological polar surface area (TPSA) is 42.9 Å². The summed E-state index contributed by atoms with van der Waals surface area (Å²) in [5.74, 6) is -0.441. The van der Waals surface area contributed by atoms with Crippen molar-refractivity contribution in [3.8, 4) is 0 Å². The Labute approximate surface area is 227 Å². The van der Waals surface area contributed by atoms with E-state index >= 15 is 0 Å². The predicted molar refractivity (Wildman–Crippen MR) is 151 cm³/mol. The van der Waals surface area contributed by atoms with Crippen molar-refractivity contribution in [3.63, 3.8) is 0 Å². The van der Waals surface area contributed by atoms with Crippen LogP contribution in [-0.2, 0) is 24.3 Å². The van der Waals surface area contributed by atoms with Crippen molar-refractivity contribution in [2.75, 3.05) is 6.61 Å². The highest BCUT2D eigenvalue weighted by atomic mass is 35.5. The van der Waals surface area contributed by atoms with Crippen LogP contribution in [0.5, 0.6) is 0 Å². The summed E-state index contributed by atoms with van der Waals surface area (Å²) < 4.78 is 23.9. The molecule has 0 saturated heterocycles. The van der Waals surface area contributed by atoms with Crippen LogP contribution in [0.15, 0.2) is 91.0 Å². The maximum Gasteiger partial charge on any atom is 0.203 e. The van der Waals surface area contributed by atoms with Crippen molar-refractivity contribution in [1.82, 2.24) is 9.13 Å². The monoisotopic (exact) mass is 527 g/mol. The molecule has 0 fully saturated rings. The van der Waals surface area contributed by atoms with E-state index in [-0.39, 0.29) is 11.1 Å². The van der Waals surface area contributed by atoms with Gasteiger partial charge in [0.1, 0.15) is 5.82 Å². The quantitative estimate of drug-likeness (QED) is 0.213. The minimum Gasteiger partial charge on any atom is -0.375 e. The molecule has 1 heterocycles. The first-order valence-corrected chi connectivity index (χ1v) is 13.1. The summed E-state index contributed by atoms with van der Waals surface area (Å²) >= 11 is 5.97. The largest absolute Gasteiger partial charge is 0.375 e. The van der Waals surface area contributed by atoms with Crippen molar-refractivity contribution in [1.29, 1.82) is 5.41 Å². The van der Waals surface area contributed by atoms with E-state index < -0.39 is 5.82 Å². The van der Waals surface area contributed by atoms with Crippen molar-refractivity contribution in [3.05, 3.63) is 135 Å². The van der Waals surface area contributed by atoms with E-state index in [0.717, 1.165) is 22.2 Å². The maximum atomic E-state index is 13.6. The summed E-state index contributed by atoms with van der Waals surface area (Å²) in [5.41, 5.74) is 7.99. The van der Waals surface area contributed by atoms with Gasteiger partial charge in [0.15, 0.2) is 0 Å². The van der Waals surface area contributed by atoms with Crippen molar-refractivity contribution in [2.24, 2.45) is 0 Å². The Morgan fingerprint density at radius 2 is 1.42 bits per heavy atom. The summed E-state index contributed by atoms with van der Waals surface area (Å²) in [7, 11) is 0. The van der Waals surface area contributed by atoms with Gasteiger partial charge in [-0.05, 0) is 61.2 Å². The molecular formula is C32H31ClFN3O. The number of aromatic nitrogens is 2. The van der Waals surface area contributed by atoms with Crippen LogP contribution in [0.2, 0.25) is 5.02 Å². The van der Waals surface area contributed by atoms with E-state index in [1.165, 1.54) is 22.8 Å². The standard InChI is InChI=1S/C32H31ClFN3O/c1-22-7-11-24(12-8-22)17-27(21-38-20-26-15-16-29(34)28(33)18-26)37-31-6-4-3-5-30(31)36(32(37)35)19-25-13-9-23(2)10-14-25/h3-16,18,27,35H,17,19-21H2,1-2H3/t27-/m0/s1. The number of rotatable bonds is 9. The Morgan fingerprint density at radius 3 is 2.08 bits per heavy atom. The first-order chi connectivity index (χ1) is 18.4. The summed E-state index contributed by atoms with van der Waals surface area (Å²) in [6, 6.07) is 29.6. The maximum absolute atomic E-state index is 13.6. The first kappa shape index (κ1) is 26.0. The Morgan fingerprint density at radius 1 is 0.816 bits per heavy atom. The number of para-hydroxylation sites is 2. The first-order valence-electron chi connectivity index (χ1n) is 12.8. The lowest BCUT2D eigenvalue weighted by atomic mass is 10.0. The van der Waals surface area contributed by atoms with E-state index in [1.807, 2.05) is 12.1 Å². The Balaban J connectivity index is 1.50. The number of nitrogens with zero attached hydrogens (tertiary/aromatic N) is 2. The number of hydrogen-bond acceptors (Lipinski definition) is 2. The third kappa shape index (κ3) is 5.74. The molecule has 1 N–H and O–H groups in total. The molecule has 194 valence electrons. The summed E-state index contributed by atoms with van der Waals surface area (Å²) in [4.78, 5) is 0. The van der Waals surface area contributed by atoms with Crippen molar-refractivity contribution >= 4 is 22.6 Å². The van der Waals surface area contributed by atoms with Gasteiger partial charge in [0.05, 0.1) is 41.9 Å². The van der Waals surface area contributed by atoms with Crippen LogP contribution >= 0.6 is 11.6 Å². The average molecular weight is 528 g/mol. The molecule has 4 aromatic carbocycles. The fourth-order valence-corrected chi connectivity index (χ4v) is 5.03. The van der Waals surface area contributed by atoms with Crippen molar-refractivity contribution < 1.29 is 9.13 Å². The number of hydrogen-bond donors (Lipinski definition) is 1. The SMILES string of the molecule is Cc1ccc(C[C@@H](COCc2ccc(F)c(Cl)c2)n2c(=N)n(Cc3ccc(C)cc3)c3ccccc32)cc1. The molecule has 38 heavy (non-hydrogen) atoms. The number of ether oxygens (including phenoxy) is 1. The summed E-state index contributed by atoms with van der Waals surface area (Å²) in [6.07, 6.45) is 0.708. The highest BCUT2D eigenvalue weighted by molar-refractivity contribution is 6.30. The van der Waals surface area contributed by atoms with Crippen molar-refractivity contribution in [2.45, 2.75) is 39.5 Å². The molecule has 0 unspecified atom stereocenters. The van der Waals surface area contributed by atoms with Gasteiger partial charge in [0.2, 0.25) is 5.62 Å². The molecule has 6 heteroatoms.